The Morgan fingerprint density at radius 3 is 2.08 bits per heavy atom. The van der Waals surface area contributed by atoms with Gasteiger partial charge in [0, 0.05) is 6.42 Å². The Balaban J connectivity index is 3.86. The third-order valence-corrected chi connectivity index (χ3v) is 1.50. The number of aliphatic hydroxyl groups excluding tert-OH is 2. The van der Waals surface area contributed by atoms with E-state index in [1.807, 2.05) is 20.8 Å². The smallest absolute Gasteiger partial charge is 0.220 e. The highest BCUT2D eigenvalue weighted by molar-refractivity contribution is 5.76. The molecule has 0 aliphatic rings. The highest BCUT2D eigenvalue weighted by Gasteiger charge is 2.17. The maximum absolute atomic E-state index is 11.3. The van der Waals surface area contributed by atoms with Gasteiger partial charge in [-0.3, -0.25) is 4.79 Å². The highest BCUT2D eigenvalue weighted by Crippen LogP contribution is 2.17. The Morgan fingerprint density at radius 2 is 1.77 bits per heavy atom. The first-order valence-electron chi connectivity index (χ1n) is 4.40. The van der Waals surface area contributed by atoms with Gasteiger partial charge in [0.25, 0.3) is 0 Å². The maximum Gasteiger partial charge on any atom is 0.220 e. The van der Waals surface area contributed by atoms with Crippen LogP contribution in [0.2, 0.25) is 0 Å². The third-order valence-electron chi connectivity index (χ3n) is 1.50. The van der Waals surface area contributed by atoms with E-state index >= 15 is 0 Å². The number of carbonyl (C=O) groups excluding carboxylic acids is 1. The van der Waals surface area contributed by atoms with Crippen LogP contribution in [0.25, 0.3) is 0 Å². The number of aliphatic hydroxyl groups is 2. The molecule has 0 bridgehead atoms. The molecule has 0 aromatic carbocycles. The summed E-state index contributed by atoms with van der Waals surface area (Å²) in [5, 5.41) is 19.9. The van der Waals surface area contributed by atoms with E-state index in [0.717, 1.165) is 0 Å². The van der Waals surface area contributed by atoms with Gasteiger partial charge in [0.1, 0.15) is 0 Å². The molecule has 0 spiro atoms. The van der Waals surface area contributed by atoms with E-state index in [1.165, 1.54) is 0 Å². The van der Waals surface area contributed by atoms with E-state index in [-0.39, 0.29) is 24.5 Å². The molecule has 0 saturated carbocycles. The highest BCUT2D eigenvalue weighted by atomic mass is 16.3. The first-order chi connectivity index (χ1) is 5.89. The van der Waals surface area contributed by atoms with Crippen molar-refractivity contribution in [3.63, 3.8) is 0 Å². The van der Waals surface area contributed by atoms with Crippen LogP contribution in [-0.2, 0) is 4.79 Å². The van der Waals surface area contributed by atoms with Crippen molar-refractivity contribution in [3.05, 3.63) is 0 Å². The Kier molecular flexibility index (Phi) is 4.95. The lowest BCUT2D eigenvalue weighted by molar-refractivity contribution is -0.124. The van der Waals surface area contributed by atoms with Crippen LogP contribution < -0.4 is 5.32 Å². The molecule has 1 amide bonds. The molecule has 4 heteroatoms. The maximum atomic E-state index is 11.3. The zero-order valence-electron chi connectivity index (χ0n) is 8.50. The molecule has 0 fully saturated rings. The number of amides is 1. The summed E-state index contributed by atoms with van der Waals surface area (Å²) >= 11 is 0. The molecule has 78 valence electrons. The second kappa shape index (κ2) is 5.19. The Labute approximate surface area is 79.0 Å². The summed E-state index contributed by atoms with van der Waals surface area (Å²) in [6.45, 7) is 5.41. The SMILES string of the molecule is CC(C)(C)CC(=O)NC(CO)CO. The second-order valence-electron chi connectivity index (χ2n) is 4.37. The van der Waals surface area contributed by atoms with Crippen LogP contribution in [0.5, 0.6) is 0 Å². The molecule has 0 aromatic rings. The molecule has 0 aliphatic heterocycles. The predicted molar refractivity (Wildman–Crippen MR) is 50.2 cm³/mol. The lowest BCUT2D eigenvalue weighted by Crippen LogP contribution is -2.41. The largest absolute Gasteiger partial charge is 0.394 e. The van der Waals surface area contributed by atoms with Crippen molar-refractivity contribution in [1.82, 2.24) is 5.32 Å². The van der Waals surface area contributed by atoms with Gasteiger partial charge in [0.15, 0.2) is 0 Å². The van der Waals surface area contributed by atoms with Gasteiger partial charge in [0.2, 0.25) is 5.91 Å². The van der Waals surface area contributed by atoms with Crippen molar-refractivity contribution in [2.75, 3.05) is 13.2 Å². The van der Waals surface area contributed by atoms with E-state index in [9.17, 15) is 4.79 Å². The van der Waals surface area contributed by atoms with Crippen molar-refractivity contribution < 1.29 is 15.0 Å². The van der Waals surface area contributed by atoms with Crippen molar-refractivity contribution in [1.29, 1.82) is 0 Å². The van der Waals surface area contributed by atoms with Crippen LogP contribution in [0.4, 0.5) is 0 Å². The lowest BCUT2D eigenvalue weighted by atomic mass is 9.92. The molecule has 0 radical (unpaired) electrons. The summed E-state index contributed by atoms with van der Waals surface area (Å²) in [6, 6.07) is -0.533. The summed E-state index contributed by atoms with van der Waals surface area (Å²) in [7, 11) is 0. The van der Waals surface area contributed by atoms with Crippen LogP contribution >= 0.6 is 0 Å². The zero-order chi connectivity index (χ0) is 10.5. The van der Waals surface area contributed by atoms with E-state index in [0.29, 0.717) is 6.42 Å². The van der Waals surface area contributed by atoms with Gasteiger partial charge in [-0.25, -0.2) is 0 Å². The molecule has 0 heterocycles. The fourth-order valence-electron chi connectivity index (χ4n) is 0.909. The van der Waals surface area contributed by atoms with Crippen LogP contribution in [0, 0.1) is 5.41 Å². The summed E-state index contributed by atoms with van der Waals surface area (Å²) in [6.07, 6.45) is 0.392. The average molecular weight is 189 g/mol. The van der Waals surface area contributed by atoms with E-state index in [2.05, 4.69) is 5.32 Å². The fourth-order valence-corrected chi connectivity index (χ4v) is 0.909. The second-order valence-corrected chi connectivity index (χ2v) is 4.37. The minimum Gasteiger partial charge on any atom is -0.394 e. The number of carbonyl (C=O) groups is 1. The first kappa shape index (κ1) is 12.4. The Morgan fingerprint density at radius 1 is 1.31 bits per heavy atom. The number of hydrogen-bond acceptors (Lipinski definition) is 3. The predicted octanol–water partition coefficient (Wildman–Crippen LogP) is -0.108. The van der Waals surface area contributed by atoms with Crippen LogP contribution in [0.1, 0.15) is 27.2 Å². The number of nitrogens with one attached hydrogen (secondary N) is 1. The van der Waals surface area contributed by atoms with E-state index < -0.39 is 6.04 Å². The van der Waals surface area contributed by atoms with Gasteiger partial charge < -0.3 is 15.5 Å². The van der Waals surface area contributed by atoms with E-state index in [1.54, 1.807) is 0 Å². The molecule has 0 aliphatic carbocycles. The zero-order valence-corrected chi connectivity index (χ0v) is 8.50. The summed E-state index contributed by atoms with van der Waals surface area (Å²) < 4.78 is 0. The van der Waals surface area contributed by atoms with Crippen LogP contribution in [-0.4, -0.2) is 35.4 Å². The van der Waals surface area contributed by atoms with Gasteiger partial charge in [-0.1, -0.05) is 20.8 Å². The van der Waals surface area contributed by atoms with Gasteiger partial charge in [-0.15, -0.1) is 0 Å². The van der Waals surface area contributed by atoms with Gasteiger partial charge in [-0.2, -0.15) is 0 Å². The molecule has 0 unspecified atom stereocenters. The summed E-state index contributed by atoms with van der Waals surface area (Å²) in [5.41, 5.74) is -0.0699. The normalized spacial score (nSPS) is 11.8. The lowest BCUT2D eigenvalue weighted by Gasteiger charge is -2.19. The molecular formula is C9H19NO3. The monoisotopic (exact) mass is 189 g/mol. The van der Waals surface area contributed by atoms with Crippen LogP contribution in [0.3, 0.4) is 0 Å². The van der Waals surface area contributed by atoms with Crippen molar-refractivity contribution in [2.24, 2.45) is 5.41 Å². The average Bonchev–Trinajstić information content (AvgIpc) is 1.96. The Hall–Kier alpha value is -0.610. The molecule has 13 heavy (non-hydrogen) atoms. The summed E-state index contributed by atoms with van der Waals surface area (Å²) in [5.74, 6) is -0.138. The summed E-state index contributed by atoms with van der Waals surface area (Å²) in [4.78, 5) is 11.3. The minimum absolute atomic E-state index is 0.0699. The van der Waals surface area contributed by atoms with E-state index in [4.69, 9.17) is 10.2 Å². The third kappa shape index (κ3) is 6.54. The molecule has 3 N–H and O–H groups in total. The molecule has 0 rings (SSSR count). The van der Waals surface area contributed by atoms with Gasteiger partial charge in [-0.05, 0) is 5.41 Å². The molecule has 0 saturated heterocycles. The quantitative estimate of drug-likeness (QED) is 0.578. The molecule has 0 atom stereocenters. The van der Waals surface area contributed by atoms with Crippen molar-refractivity contribution >= 4 is 5.91 Å². The first-order valence-corrected chi connectivity index (χ1v) is 4.40. The number of rotatable bonds is 4. The minimum atomic E-state index is -0.533. The molecular weight excluding hydrogens is 170 g/mol. The Bertz CT molecular complexity index is 159. The topological polar surface area (TPSA) is 69.6 Å². The van der Waals surface area contributed by atoms with Gasteiger partial charge in [0.05, 0.1) is 19.3 Å². The standard InChI is InChI=1S/C9H19NO3/c1-9(2,3)4-8(13)10-7(5-11)6-12/h7,11-12H,4-6H2,1-3H3,(H,10,13). The van der Waals surface area contributed by atoms with Gasteiger partial charge >= 0.3 is 0 Å². The molecule has 0 aromatic heterocycles. The number of hydrogen-bond donors (Lipinski definition) is 3. The van der Waals surface area contributed by atoms with Crippen molar-refractivity contribution in [2.45, 2.75) is 33.2 Å². The fraction of sp³-hybridized carbons (Fsp3) is 0.889. The van der Waals surface area contributed by atoms with Crippen LogP contribution in [0.15, 0.2) is 0 Å². The molecule has 4 nitrogen and oxygen atoms in total. The van der Waals surface area contributed by atoms with Crippen molar-refractivity contribution in [3.8, 4) is 0 Å².